The maximum Gasteiger partial charge on any atom is 0.228 e. The van der Waals surface area contributed by atoms with E-state index >= 15 is 0 Å². The summed E-state index contributed by atoms with van der Waals surface area (Å²) in [5, 5.41) is 3.21. The van der Waals surface area contributed by atoms with E-state index in [2.05, 4.69) is 52.7 Å². The van der Waals surface area contributed by atoms with E-state index in [0.29, 0.717) is 26.1 Å². The smallest absolute Gasteiger partial charge is 0.228 e. The van der Waals surface area contributed by atoms with Crippen LogP contribution in [0.25, 0.3) is 11.1 Å². The first-order valence-corrected chi connectivity index (χ1v) is 13.9. The molecule has 198 valence electrons. The first-order chi connectivity index (χ1) is 18.6. The predicted octanol–water partition coefficient (Wildman–Crippen LogP) is 5.22. The van der Waals surface area contributed by atoms with Gasteiger partial charge in [-0.3, -0.25) is 9.59 Å². The summed E-state index contributed by atoms with van der Waals surface area (Å²) in [6.45, 7) is 3.87. The summed E-state index contributed by atoms with van der Waals surface area (Å²) in [7, 11) is 0. The highest BCUT2D eigenvalue weighted by Gasteiger charge is 2.33. The molecule has 6 heteroatoms. The van der Waals surface area contributed by atoms with Crippen LogP contribution in [0, 0.1) is 5.92 Å². The van der Waals surface area contributed by atoms with Crippen LogP contribution in [0.5, 0.6) is 0 Å². The van der Waals surface area contributed by atoms with Crippen molar-refractivity contribution < 1.29 is 9.59 Å². The van der Waals surface area contributed by atoms with Crippen molar-refractivity contribution in [3.63, 3.8) is 0 Å². The molecule has 0 spiro atoms. The van der Waals surface area contributed by atoms with Gasteiger partial charge in [-0.2, -0.15) is 0 Å². The van der Waals surface area contributed by atoms with Crippen LogP contribution >= 0.6 is 0 Å². The van der Waals surface area contributed by atoms with Crippen LogP contribution in [-0.2, 0) is 22.6 Å². The van der Waals surface area contributed by atoms with Gasteiger partial charge in [-0.1, -0.05) is 54.6 Å². The molecule has 0 unspecified atom stereocenters. The lowest BCUT2D eigenvalue weighted by Crippen LogP contribution is -2.33. The molecule has 1 heterocycles. The molecule has 1 aliphatic heterocycles. The van der Waals surface area contributed by atoms with Gasteiger partial charge in [-0.25, -0.2) is 0 Å². The Morgan fingerprint density at radius 2 is 1.63 bits per heavy atom. The zero-order chi connectivity index (χ0) is 26.3. The summed E-state index contributed by atoms with van der Waals surface area (Å²) in [5.41, 5.74) is 11.9. The predicted molar refractivity (Wildman–Crippen MR) is 154 cm³/mol. The van der Waals surface area contributed by atoms with Crippen LogP contribution in [-0.4, -0.2) is 42.9 Å². The van der Waals surface area contributed by atoms with Gasteiger partial charge in [0.15, 0.2) is 0 Å². The minimum absolute atomic E-state index is 0.0170. The molecular formula is C32H38N4O2. The molecule has 6 nitrogen and oxygen atoms in total. The highest BCUT2D eigenvalue weighted by Crippen LogP contribution is 2.35. The lowest BCUT2D eigenvalue weighted by molar-refractivity contribution is -0.133. The van der Waals surface area contributed by atoms with Gasteiger partial charge in [-0.15, -0.1) is 0 Å². The van der Waals surface area contributed by atoms with Gasteiger partial charge in [0.1, 0.15) is 0 Å². The zero-order valence-corrected chi connectivity index (χ0v) is 22.1. The molecular weight excluding hydrogens is 472 g/mol. The SMILES string of the molecule is NCCCN(Cc1cccc(-c2ccc(N3CCCC3)c(NC(=O)Cc3ccccc3)c2)c1)C(=O)C1CC1. The normalized spacial score (nSPS) is 14.9. The largest absolute Gasteiger partial charge is 0.370 e. The minimum atomic E-state index is -0.0170. The Morgan fingerprint density at radius 3 is 2.37 bits per heavy atom. The fraction of sp³-hybridized carbons (Fsp3) is 0.375. The van der Waals surface area contributed by atoms with Gasteiger partial charge >= 0.3 is 0 Å². The average molecular weight is 511 g/mol. The van der Waals surface area contributed by atoms with Crippen molar-refractivity contribution in [2.45, 2.75) is 45.1 Å². The number of anilines is 2. The maximum absolute atomic E-state index is 13.0. The van der Waals surface area contributed by atoms with Crippen LogP contribution in [0.1, 0.15) is 43.2 Å². The van der Waals surface area contributed by atoms with E-state index < -0.39 is 0 Å². The number of carbonyl (C=O) groups is 2. The van der Waals surface area contributed by atoms with E-state index in [4.69, 9.17) is 5.73 Å². The Morgan fingerprint density at radius 1 is 0.895 bits per heavy atom. The molecule has 0 bridgehead atoms. The van der Waals surface area contributed by atoms with Crippen LogP contribution in [0.3, 0.4) is 0 Å². The van der Waals surface area contributed by atoms with E-state index in [1.54, 1.807) is 0 Å². The van der Waals surface area contributed by atoms with Gasteiger partial charge < -0.3 is 20.9 Å². The molecule has 2 aliphatic rings. The molecule has 3 aromatic rings. The lowest BCUT2D eigenvalue weighted by Gasteiger charge is -2.24. The Balaban J connectivity index is 1.38. The number of nitrogens with one attached hydrogen (secondary N) is 1. The second-order valence-corrected chi connectivity index (χ2v) is 10.5. The number of nitrogens with two attached hydrogens (primary N) is 1. The number of benzene rings is 3. The Labute approximate surface area is 225 Å². The molecule has 2 amide bonds. The van der Waals surface area contributed by atoms with Gasteiger partial charge in [0, 0.05) is 32.1 Å². The average Bonchev–Trinajstić information content (AvgIpc) is 3.65. The first kappa shape index (κ1) is 26.0. The number of hydrogen-bond donors (Lipinski definition) is 2. The molecule has 0 atom stereocenters. The van der Waals surface area contributed by atoms with Gasteiger partial charge in [0.05, 0.1) is 17.8 Å². The summed E-state index contributed by atoms with van der Waals surface area (Å²) in [5.74, 6) is 0.426. The van der Waals surface area contributed by atoms with Crippen LogP contribution in [0.4, 0.5) is 11.4 Å². The molecule has 5 rings (SSSR count). The number of rotatable bonds is 11. The highest BCUT2D eigenvalue weighted by atomic mass is 16.2. The third-order valence-corrected chi connectivity index (χ3v) is 7.43. The Bertz CT molecular complexity index is 1250. The van der Waals surface area contributed by atoms with Crippen molar-refractivity contribution in [1.29, 1.82) is 0 Å². The number of nitrogens with zero attached hydrogens (tertiary/aromatic N) is 2. The van der Waals surface area contributed by atoms with Crippen molar-refractivity contribution in [3.8, 4) is 11.1 Å². The molecule has 2 fully saturated rings. The Hall–Kier alpha value is -3.64. The summed E-state index contributed by atoms with van der Waals surface area (Å²) in [6.07, 6.45) is 5.49. The molecule has 0 aromatic heterocycles. The van der Waals surface area contributed by atoms with Gasteiger partial charge in [0.2, 0.25) is 11.8 Å². The summed E-state index contributed by atoms with van der Waals surface area (Å²) < 4.78 is 0. The van der Waals surface area contributed by atoms with E-state index in [1.807, 2.05) is 35.2 Å². The monoisotopic (exact) mass is 510 g/mol. The topological polar surface area (TPSA) is 78.7 Å². The van der Waals surface area contributed by atoms with Crippen LogP contribution in [0.2, 0.25) is 0 Å². The fourth-order valence-electron chi connectivity index (χ4n) is 5.23. The van der Waals surface area contributed by atoms with E-state index in [9.17, 15) is 9.59 Å². The number of amides is 2. The Kier molecular flexibility index (Phi) is 8.39. The second-order valence-electron chi connectivity index (χ2n) is 10.5. The van der Waals surface area contributed by atoms with Crippen molar-refractivity contribution >= 4 is 23.2 Å². The minimum Gasteiger partial charge on any atom is -0.370 e. The number of hydrogen-bond acceptors (Lipinski definition) is 4. The molecule has 3 N–H and O–H groups in total. The van der Waals surface area contributed by atoms with Crippen molar-refractivity contribution in [1.82, 2.24) is 4.90 Å². The summed E-state index contributed by atoms with van der Waals surface area (Å²) in [6, 6.07) is 24.6. The maximum atomic E-state index is 13.0. The number of carbonyl (C=O) groups excluding carboxylic acids is 2. The van der Waals surface area contributed by atoms with Crippen LogP contribution in [0.15, 0.2) is 72.8 Å². The molecule has 1 aliphatic carbocycles. The fourth-order valence-corrected chi connectivity index (χ4v) is 5.23. The van der Waals surface area contributed by atoms with E-state index in [0.717, 1.165) is 66.0 Å². The highest BCUT2D eigenvalue weighted by molar-refractivity contribution is 5.96. The summed E-state index contributed by atoms with van der Waals surface area (Å²) >= 11 is 0. The zero-order valence-electron chi connectivity index (χ0n) is 22.1. The first-order valence-electron chi connectivity index (χ1n) is 13.9. The standard InChI is InChI=1S/C32H38N4O2/c33-16-7-19-36(32(38)26-12-13-26)23-25-10-6-11-27(20-25)28-14-15-30(35-17-4-5-18-35)29(22-28)34-31(37)21-24-8-2-1-3-9-24/h1-3,6,8-11,14-15,20,22,26H,4-5,7,12-13,16-19,21,23,33H2,(H,34,37). The second kappa shape index (κ2) is 12.3. The van der Waals surface area contributed by atoms with E-state index in [1.165, 1.54) is 12.8 Å². The third kappa shape index (κ3) is 6.62. The van der Waals surface area contributed by atoms with Crippen molar-refractivity contribution in [3.05, 3.63) is 83.9 Å². The van der Waals surface area contributed by atoms with Crippen molar-refractivity contribution in [2.75, 3.05) is 36.4 Å². The van der Waals surface area contributed by atoms with Crippen LogP contribution < -0.4 is 16.0 Å². The molecule has 3 aromatic carbocycles. The third-order valence-electron chi connectivity index (χ3n) is 7.43. The lowest BCUT2D eigenvalue weighted by atomic mass is 10.0. The molecule has 38 heavy (non-hydrogen) atoms. The van der Waals surface area contributed by atoms with Gasteiger partial charge in [0.25, 0.3) is 0 Å². The van der Waals surface area contributed by atoms with Crippen molar-refractivity contribution in [2.24, 2.45) is 11.7 Å². The summed E-state index contributed by atoms with van der Waals surface area (Å²) in [4.78, 5) is 30.2. The van der Waals surface area contributed by atoms with Gasteiger partial charge in [-0.05, 0) is 79.1 Å². The molecule has 1 saturated carbocycles. The quantitative estimate of drug-likeness (QED) is 0.371. The van der Waals surface area contributed by atoms with E-state index in [-0.39, 0.29) is 17.7 Å². The molecule has 1 saturated heterocycles. The molecule has 0 radical (unpaired) electrons.